The second kappa shape index (κ2) is 9.27. The number of thiocarbonyl (C=S) groups is 1. The second-order valence-corrected chi connectivity index (χ2v) is 7.29. The molecule has 2 rings (SSSR count). The number of methoxy groups -OCH3 is 1. The Labute approximate surface area is 152 Å². The minimum atomic E-state index is 0.217. The van der Waals surface area contributed by atoms with E-state index in [1.165, 1.54) is 9.77 Å². The summed E-state index contributed by atoms with van der Waals surface area (Å²) in [5.41, 5.74) is 1.02. The van der Waals surface area contributed by atoms with Crippen molar-refractivity contribution in [2.75, 3.05) is 31.8 Å². The number of thiophene rings is 1. The molecule has 0 aliphatic carbocycles. The summed E-state index contributed by atoms with van der Waals surface area (Å²) >= 11 is 9.13. The molecule has 1 aromatic heterocycles. The van der Waals surface area contributed by atoms with Crippen LogP contribution in [0.25, 0.3) is 0 Å². The van der Waals surface area contributed by atoms with E-state index in [2.05, 4.69) is 53.0 Å². The SMILES string of the molecule is COCCN(C(=S)Nc1cccc(SC)c1)[C@H](C)c1cccs1. The van der Waals surface area contributed by atoms with E-state index in [1.807, 2.05) is 12.1 Å². The lowest BCUT2D eigenvalue weighted by atomic mass is 10.2. The standard InChI is InChI=1S/C17H22N2OS3/c1-13(16-8-5-11-23-16)19(9-10-20-2)17(21)18-14-6-4-7-15(12-14)22-3/h4-8,11-13H,9-10H2,1-3H3,(H,18,21)/t13-/m1/s1. The molecule has 0 radical (unpaired) electrons. The van der Waals surface area contributed by atoms with Crippen LogP contribution in [-0.2, 0) is 4.74 Å². The predicted octanol–water partition coefficient (Wildman–Crippen LogP) is 4.88. The maximum absolute atomic E-state index is 5.66. The molecule has 1 aromatic carbocycles. The van der Waals surface area contributed by atoms with Crippen molar-refractivity contribution in [1.82, 2.24) is 4.90 Å². The van der Waals surface area contributed by atoms with Gasteiger partial charge in [-0.2, -0.15) is 0 Å². The quantitative estimate of drug-likeness (QED) is 0.556. The fourth-order valence-electron chi connectivity index (χ4n) is 2.24. The lowest BCUT2D eigenvalue weighted by Crippen LogP contribution is -2.38. The number of ether oxygens (including phenoxy) is 1. The Morgan fingerprint density at radius 1 is 1.39 bits per heavy atom. The van der Waals surface area contributed by atoms with Gasteiger partial charge in [0.05, 0.1) is 12.6 Å². The van der Waals surface area contributed by atoms with E-state index in [0.717, 1.165) is 17.3 Å². The highest BCUT2D eigenvalue weighted by Crippen LogP contribution is 2.26. The van der Waals surface area contributed by atoms with E-state index >= 15 is 0 Å². The lowest BCUT2D eigenvalue weighted by Gasteiger charge is -2.31. The van der Waals surface area contributed by atoms with Crippen molar-refractivity contribution in [2.24, 2.45) is 0 Å². The molecule has 23 heavy (non-hydrogen) atoms. The van der Waals surface area contributed by atoms with Gasteiger partial charge in [0.15, 0.2) is 5.11 Å². The topological polar surface area (TPSA) is 24.5 Å². The number of hydrogen-bond donors (Lipinski definition) is 1. The van der Waals surface area contributed by atoms with Crippen LogP contribution < -0.4 is 5.32 Å². The monoisotopic (exact) mass is 366 g/mol. The number of thioether (sulfide) groups is 1. The summed E-state index contributed by atoms with van der Waals surface area (Å²) in [5.74, 6) is 0. The highest BCUT2D eigenvalue weighted by molar-refractivity contribution is 7.98. The van der Waals surface area contributed by atoms with Crippen molar-refractivity contribution in [2.45, 2.75) is 17.9 Å². The van der Waals surface area contributed by atoms with Crippen LogP contribution in [-0.4, -0.2) is 36.5 Å². The summed E-state index contributed by atoms with van der Waals surface area (Å²) in [6.07, 6.45) is 2.07. The van der Waals surface area contributed by atoms with Crippen LogP contribution in [0.5, 0.6) is 0 Å². The van der Waals surface area contributed by atoms with Crippen molar-refractivity contribution in [3.63, 3.8) is 0 Å². The van der Waals surface area contributed by atoms with Gasteiger partial charge in [0, 0.05) is 29.1 Å². The highest BCUT2D eigenvalue weighted by Gasteiger charge is 2.19. The molecule has 3 nitrogen and oxygen atoms in total. The van der Waals surface area contributed by atoms with Gasteiger partial charge in [-0.05, 0) is 55.0 Å². The third-order valence-corrected chi connectivity index (χ3v) is 5.65. The molecule has 0 saturated carbocycles. The average molecular weight is 367 g/mol. The molecule has 0 aliphatic heterocycles. The zero-order chi connectivity index (χ0) is 16.7. The maximum Gasteiger partial charge on any atom is 0.174 e. The summed E-state index contributed by atoms with van der Waals surface area (Å²) in [6, 6.07) is 12.7. The Morgan fingerprint density at radius 3 is 2.87 bits per heavy atom. The van der Waals surface area contributed by atoms with E-state index < -0.39 is 0 Å². The van der Waals surface area contributed by atoms with Crippen molar-refractivity contribution in [3.8, 4) is 0 Å². The van der Waals surface area contributed by atoms with E-state index in [9.17, 15) is 0 Å². The Morgan fingerprint density at radius 2 is 2.22 bits per heavy atom. The van der Waals surface area contributed by atoms with Crippen LogP contribution in [0.2, 0.25) is 0 Å². The van der Waals surface area contributed by atoms with E-state index in [4.69, 9.17) is 17.0 Å². The van der Waals surface area contributed by atoms with Gasteiger partial charge in [0.2, 0.25) is 0 Å². The Kier molecular flexibility index (Phi) is 7.36. The van der Waals surface area contributed by atoms with Gasteiger partial charge in [0.25, 0.3) is 0 Å². The second-order valence-electron chi connectivity index (χ2n) is 5.04. The normalized spacial score (nSPS) is 12.0. The summed E-state index contributed by atoms with van der Waals surface area (Å²) < 4.78 is 5.25. The number of benzene rings is 1. The number of anilines is 1. The Hall–Kier alpha value is -1.08. The molecule has 0 unspecified atom stereocenters. The third-order valence-electron chi connectivity index (χ3n) is 3.54. The molecular formula is C17H22N2OS3. The van der Waals surface area contributed by atoms with Gasteiger partial charge in [-0.3, -0.25) is 0 Å². The molecule has 0 aliphatic rings. The lowest BCUT2D eigenvalue weighted by molar-refractivity contribution is 0.166. The van der Waals surface area contributed by atoms with Crippen molar-refractivity contribution >= 4 is 46.1 Å². The first-order valence-electron chi connectivity index (χ1n) is 7.39. The summed E-state index contributed by atoms with van der Waals surface area (Å²) in [5, 5.41) is 6.18. The molecule has 0 bridgehead atoms. The molecule has 0 spiro atoms. The van der Waals surface area contributed by atoms with Gasteiger partial charge in [-0.25, -0.2) is 0 Å². The minimum absolute atomic E-state index is 0.217. The fourth-order valence-corrected chi connectivity index (χ4v) is 3.86. The Balaban J connectivity index is 2.12. The molecule has 1 N–H and O–H groups in total. The van der Waals surface area contributed by atoms with Crippen molar-refractivity contribution < 1.29 is 4.74 Å². The smallest absolute Gasteiger partial charge is 0.174 e. The summed E-state index contributed by atoms with van der Waals surface area (Å²) in [4.78, 5) is 4.69. The highest BCUT2D eigenvalue weighted by atomic mass is 32.2. The molecule has 1 atom stereocenters. The number of nitrogens with zero attached hydrogens (tertiary/aromatic N) is 1. The number of nitrogens with one attached hydrogen (secondary N) is 1. The fraction of sp³-hybridized carbons (Fsp3) is 0.353. The van der Waals surface area contributed by atoms with Gasteiger partial charge in [-0.15, -0.1) is 23.1 Å². The first-order chi connectivity index (χ1) is 11.2. The number of rotatable bonds is 7. The average Bonchev–Trinajstić information content (AvgIpc) is 3.09. The molecule has 0 fully saturated rings. The predicted molar refractivity (Wildman–Crippen MR) is 106 cm³/mol. The van der Waals surface area contributed by atoms with E-state index in [0.29, 0.717) is 6.61 Å². The molecular weight excluding hydrogens is 344 g/mol. The van der Waals surface area contributed by atoms with Crippen LogP contribution in [0.15, 0.2) is 46.7 Å². The zero-order valence-electron chi connectivity index (χ0n) is 13.6. The van der Waals surface area contributed by atoms with Gasteiger partial charge >= 0.3 is 0 Å². The maximum atomic E-state index is 5.66. The van der Waals surface area contributed by atoms with Crippen LogP contribution in [0.1, 0.15) is 17.8 Å². The van der Waals surface area contributed by atoms with Crippen LogP contribution >= 0.6 is 35.3 Å². The molecule has 0 amide bonds. The van der Waals surface area contributed by atoms with Crippen molar-refractivity contribution in [1.29, 1.82) is 0 Å². The van der Waals surface area contributed by atoms with Crippen LogP contribution in [0, 0.1) is 0 Å². The number of hydrogen-bond acceptors (Lipinski definition) is 4. The first kappa shape index (κ1) is 18.3. The van der Waals surface area contributed by atoms with Gasteiger partial charge in [0.1, 0.15) is 0 Å². The van der Waals surface area contributed by atoms with Gasteiger partial charge < -0.3 is 15.0 Å². The Bertz CT molecular complexity index is 616. The van der Waals surface area contributed by atoms with Crippen molar-refractivity contribution in [3.05, 3.63) is 46.7 Å². The molecule has 2 aromatic rings. The molecule has 0 saturated heterocycles. The third kappa shape index (κ3) is 5.21. The molecule has 6 heteroatoms. The van der Waals surface area contributed by atoms with E-state index in [1.54, 1.807) is 30.2 Å². The molecule has 124 valence electrons. The van der Waals surface area contributed by atoms with Gasteiger partial charge in [-0.1, -0.05) is 12.1 Å². The van der Waals surface area contributed by atoms with Crippen LogP contribution in [0.3, 0.4) is 0 Å². The largest absolute Gasteiger partial charge is 0.383 e. The van der Waals surface area contributed by atoms with E-state index in [-0.39, 0.29) is 6.04 Å². The summed E-state index contributed by atoms with van der Waals surface area (Å²) in [7, 11) is 1.71. The molecule has 1 heterocycles. The van der Waals surface area contributed by atoms with Crippen LogP contribution in [0.4, 0.5) is 5.69 Å². The zero-order valence-corrected chi connectivity index (χ0v) is 16.1. The first-order valence-corrected chi connectivity index (χ1v) is 9.91. The minimum Gasteiger partial charge on any atom is -0.383 e. The summed E-state index contributed by atoms with van der Waals surface area (Å²) in [6.45, 7) is 3.57.